The molecule has 1 aliphatic rings. The number of H-pyrrole nitrogens is 1. The normalized spacial score (nSPS) is 14.9. The summed E-state index contributed by atoms with van der Waals surface area (Å²) in [6, 6.07) is 11.8. The van der Waals surface area contributed by atoms with E-state index in [1.54, 1.807) is 18.6 Å². The van der Waals surface area contributed by atoms with Gasteiger partial charge in [0.05, 0.1) is 11.1 Å². The topological polar surface area (TPSA) is 87.7 Å². The zero-order valence-electron chi connectivity index (χ0n) is 16.7. The predicted octanol–water partition coefficient (Wildman–Crippen LogP) is 3.74. The first-order valence-corrected chi connectivity index (χ1v) is 10.2. The van der Waals surface area contributed by atoms with Gasteiger partial charge in [-0.25, -0.2) is 15.0 Å². The number of aromatic nitrogens is 5. The van der Waals surface area contributed by atoms with Crippen LogP contribution >= 0.6 is 0 Å². The first-order valence-electron chi connectivity index (χ1n) is 10.2. The molecular formula is C23H22N6O. The van der Waals surface area contributed by atoms with E-state index in [2.05, 4.69) is 24.9 Å². The van der Waals surface area contributed by atoms with E-state index in [-0.39, 0.29) is 5.91 Å². The van der Waals surface area contributed by atoms with Crippen molar-refractivity contribution < 1.29 is 4.79 Å². The van der Waals surface area contributed by atoms with E-state index in [0.29, 0.717) is 24.6 Å². The van der Waals surface area contributed by atoms with Gasteiger partial charge < -0.3 is 9.88 Å². The van der Waals surface area contributed by atoms with E-state index in [1.165, 1.54) is 0 Å². The summed E-state index contributed by atoms with van der Waals surface area (Å²) in [6.45, 7) is 3.31. The number of nitrogens with zero attached hydrogens (tertiary/aromatic N) is 5. The number of likely N-dealkylation sites (tertiary alicyclic amines) is 1. The van der Waals surface area contributed by atoms with Crippen LogP contribution in [0.25, 0.3) is 22.4 Å². The lowest BCUT2D eigenvalue weighted by molar-refractivity contribution is 0.0712. The van der Waals surface area contributed by atoms with Gasteiger partial charge in [-0.05, 0) is 38.0 Å². The minimum absolute atomic E-state index is 0.0434. The molecule has 0 unspecified atom stereocenters. The molecule has 1 saturated heterocycles. The summed E-state index contributed by atoms with van der Waals surface area (Å²) in [5.41, 5.74) is 3.38. The van der Waals surface area contributed by atoms with E-state index in [0.717, 1.165) is 46.8 Å². The zero-order valence-corrected chi connectivity index (χ0v) is 16.7. The van der Waals surface area contributed by atoms with E-state index < -0.39 is 0 Å². The number of carbonyl (C=O) groups is 1. The summed E-state index contributed by atoms with van der Waals surface area (Å²) in [5.74, 6) is 1.83. The maximum absolute atomic E-state index is 13.0. The number of fused-ring (bicyclic) bond motifs is 1. The van der Waals surface area contributed by atoms with Crippen LogP contribution in [0.2, 0.25) is 0 Å². The number of carbonyl (C=O) groups excluding carboxylic acids is 1. The van der Waals surface area contributed by atoms with Crippen molar-refractivity contribution in [1.29, 1.82) is 0 Å². The first kappa shape index (κ1) is 18.4. The smallest absolute Gasteiger partial charge is 0.255 e. The second-order valence-corrected chi connectivity index (χ2v) is 7.65. The summed E-state index contributed by atoms with van der Waals surface area (Å²) >= 11 is 0. The number of benzene rings is 1. The molecule has 4 heterocycles. The third-order valence-corrected chi connectivity index (χ3v) is 5.64. The van der Waals surface area contributed by atoms with Crippen LogP contribution < -0.4 is 0 Å². The first-order chi connectivity index (χ1) is 14.7. The average Bonchev–Trinajstić information content (AvgIpc) is 3.33. The number of aryl methyl sites for hydroxylation is 1. The molecule has 1 fully saturated rings. The number of pyridine rings is 1. The number of aromatic amines is 1. The molecule has 0 aliphatic carbocycles. The van der Waals surface area contributed by atoms with Gasteiger partial charge in [0.2, 0.25) is 0 Å². The largest absolute Gasteiger partial charge is 0.343 e. The van der Waals surface area contributed by atoms with Crippen molar-refractivity contribution in [3.8, 4) is 11.5 Å². The number of piperidine rings is 1. The Kier molecular flexibility index (Phi) is 4.71. The van der Waals surface area contributed by atoms with Gasteiger partial charge in [0.15, 0.2) is 5.82 Å². The Balaban J connectivity index is 1.31. The molecule has 1 aromatic carbocycles. The van der Waals surface area contributed by atoms with Crippen LogP contribution in [0.15, 0.2) is 55.0 Å². The van der Waals surface area contributed by atoms with Crippen molar-refractivity contribution in [2.75, 3.05) is 13.1 Å². The molecular weight excluding hydrogens is 376 g/mol. The molecule has 1 N–H and O–H groups in total. The fourth-order valence-electron chi connectivity index (χ4n) is 4.08. The Bertz CT molecular complexity index is 1200. The quantitative estimate of drug-likeness (QED) is 0.568. The molecule has 7 heteroatoms. The number of rotatable bonds is 3. The molecule has 3 aromatic heterocycles. The number of nitrogens with one attached hydrogen (secondary N) is 1. The highest BCUT2D eigenvalue weighted by molar-refractivity contribution is 5.97. The lowest BCUT2D eigenvalue weighted by atomic mass is 9.92. The van der Waals surface area contributed by atoms with Gasteiger partial charge in [-0.2, -0.15) is 0 Å². The van der Waals surface area contributed by atoms with Gasteiger partial charge in [0.1, 0.15) is 11.5 Å². The Labute approximate surface area is 174 Å². The predicted molar refractivity (Wildman–Crippen MR) is 114 cm³/mol. The van der Waals surface area contributed by atoms with Gasteiger partial charge >= 0.3 is 0 Å². The maximum Gasteiger partial charge on any atom is 0.255 e. The Morgan fingerprint density at radius 2 is 1.93 bits per heavy atom. The lowest BCUT2D eigenvalue weighted by Gasteiger charge is -2.32. The molecule has 150 valence electrons. The number of imidazole rings is 1. The van der Waals surface area contributed by atoms with Gasteiger partial charge in [-0.15, -0.1) is 0 Å². The molecule has 5 rings (SSSR count). The summed E-state index contributed by atoms with van der Waals surface area (Å²) < 4.78 is 0. The fourth-order valence-corrected chi connectivity index (χ4v) is 4.08. The lowest BCUT2D eigenvalue weighted by Crippen LogP contribution is -2.38. The van der Waals surface area contributed by atoms with Gasteiger partial charge in [-0.3, -0.25) is 9.78 Å². The highest BCUT2D eigenvalue weighted by Gasteiger charge is 2.26. The molecule has 0 radical (unpaired) electrons. The molecule has 0 saturated carbocycles. The maximum atomic E-state index is 13.0. The summed E-state index contributed by atoms with van der Waals surface area (Å²) in [7, 11) is 0. The summed E-state index contributed by atoms with van der Waals surface area (Å²) in [6.07, 6.45) is 6.94. The van der Waals surface area contributed by atoms with Gasteiger partial charge in [0, 0.05) is 48.7 Å². The van der Waals surface area contributed by atoms with Gasteiger partial charge in [-0.1, -0.05) is 18.2 Å². The molecule has 0 atom stereocenters. The van der Waals surface area contributed by atoms with Crippen LogP contribution in [0.5, 0.6) is 0 Å². The highest BCUT2D eigenvalue weighted by atomic mass is 16.2. The van der Waals surface area contributed by atoms with Crippen molar-refractivity contribution >= 4 is 16.8 Å². The standard InChI is InChI=1S/C23H22N6O/c1-15-27-20(13-21(28-15)22-24-8-9-25-22)16-6-10-29(11-7-16)23(30)18-12-17-4-2-3-5-19(17)26-14-18/h2-5,8-9,12-14,16H,6-7,10-11H2,1H3,(H,24,25). The number of hydrogen-bond donors (Lipinski definition) is 1. The van der Waals surface area contributed by atoms with Crippen molar-refractivity contribution in [1.82, 2.24) is 29.8 Å². The molecule has 4 aromatic rings. The highest BCUT2D eigenvalue weighted by Crippen LogP contribution is 2.29. The van der Waals surface area contributed by atoms with E-state index in [4.69, 9.17) is 0 Å². The second-order valence-electron chi connectivity index (χ2n) is 7.65. The van der Waals surface area contributed by atoms with Gasteiger partial charge in [0.25, 0.3) is 5.91 Å². The number of para-hydroxylation sites is 1. The minimum atomic E-state index is 0.0434. The van der Waals surface area contributed by atoms with Crippen LogP contribution in [-0.4, -0.2) is 48.8 Å². The van der Waals surface area contributed by atoms with Crippen LogP contribution in [-0.2, 0) is 0 Å². The van der Waals surface area contributed by atoms with Crippen molar-refractivity contribution in [3.05, 3.63) is 72.1 Å². The summed E-state index contributed by atoms with van der Waals surface area (Å²) in [5, 5.41) is 0.986. The molecule has 7 nitrogen and oxygen atoms in total. The van der Waals surface area contributed by atoms with E-state index >= 15 is 0 Å². The number of amides is 1. The third-order valence-electron chi connectivity index (χ3n) is 5.64. The van der Waals surface area contributed by atoms with Crippen molar-refractivity contribution in [2.24, 2.45) is 0 Å². The van der Waals surface area contributed by atoms with E-state index in [1.807, 2.05) is 48.2 Å². The monoisotopic (exact) mass is 398 g/mol. The van der Waals surface area contributed by atoms with Crippen molar-refractivity contribution in [3.63, 3.8) is 0 Å². The van der Waals surface area contributed by atoms with Crippen LogP contribution in [0.3, 0.4) is 0 Å². The Morgan fingerprint density at radius 1 is 1.10 bits per heavy atom. The van der Waals surface area contributed by atoms with Crippen molar-refractivity contribution in [2.45, 2.75) is 25.7 Å². The Morgan fingerprint density at radius 3 is 2.73 bits per heavy atom. The molecule has 30 heavy (non-hydrogen) atoms. The number of hydrogen-bond acceptors (Lipinski definition) is 5. The van der Waals surface area contributed by atoms with E-state index in [9.17, 15) is 4.79 Å². The SMILES string of the molecule is Cc1nc(-c2ncc[nH]2)cc(C2CCN(C(=O)c3cnc4ccccc4c3)CC2)n1. The second kappa shape index (κ2) is 7.67. The molecule has 1 aliphatic heterocycles. The van der Waals surface area contributed by atoms with Crippen LogP contribution in [0, 0.1) is 6.92 Å². The molecule has 0 bridgehead atoms. The zero-order chi connectivity index (χ0) is 20.5. The molecule has 1 amide bonds. The Hall–Kier alpha value is -3.61. The van der Waals surface area contributed by atoms with Crippen LogP contribution in [0.1, 0.15) is 40.6 Å². The minimum Gasteiger partial charge on any atom is -0.343 e. The average molecular weight is 398 g/mol. The van der Waals surface area contributed by atoms with Crippen LogP contribution in [0.4, 0.5) is 0 Å². The molecule has 0 spiro atoms. The summed E-state index contributed by atoms with van der Waals surface area (Å²) in [4.78, 5) is 35.9. The fraction of sp³-hybridized carbons (Fsp3) is 0.261. The third kappa shape index (κ3) is 3.54.